The minimum absolute atomic E-state index is 0.122. The molecule has 1 aliphatic rings. The first-order chi connectivity index (χ1) is 6.65. The lowest BCUT2D eigenvalue weighted by Crippen LogP contribution is -2.19. The zero-order valence-corrected chi connectivity index (χ0v) is 8.13. The van der Waals surface area contributed by atoms with Crippen LogP contribution in [0, 0.1) is 12.7 Å². The van der Waals surface area contributed by atoms with Crippen LogP contribution >= 0.6 is 0 Å². The van der Waals surface area contributed by atoms with Crippen LogP contribution < -0.4 is 4.74 Å². The second-order valence-corrected chi connectivity index (χ2v) is 3.45. The van der Waals surface area contributed by atoms with Crippen molar-refractivity contribution in [3.05, 3.63) is 29.1 Å². The topological polar surface area (TPSA) is 26.3 Å². The fraction of sp³-hybridized carbons (Fsp3) is 0.364. The quantitative estimate of drug-likeness (QED) is 0.686. The third-order valence-electron chi connectivity index (χ3n) is 2.47. The molecular weight excluding hydrogens is 183 g/mol. The summed E-state index contributed by atoms with van der Waals surface area (Å²) >= 11 is 0. The molecule has 74 valence electrons. The molecule has 0 fully saturated rings. The van der Waals surface area contributed by atoms with E-state index in [9.17, 15) is 9.18 Å². The number of fused-ring (bicyclic) bond motifs is 1. The van der Waals surface area contributed by atoms with Gasteiger partial charge in [0.1, 0.15) is 11.6 Å². The van der Waals surface area contributed by atoms with Gasteiger partial charge in [-0.1, -0.05) is 13.0 Å². The number of hydrogen-bond donors (Lipinski definition) is 0. The summed E-state index contributed by atoms with van der Waals surface area (Å²) in [5, 5.41) is 0. The first kappa shape index (κ1) is 9.19. The Morgan fingerprint density at radius 1 is 1.50 bits per heavy atom. The van der Waals surface area contributed by atoms with Gasteiger partial charge in [-0.15, -0.1) is 0 Å². The molecule has 2 nitrogen and oxygen atoms in total. The number of Topliss-reactive ketones (excluding diaryl/α,β-unsaturated/α-hetero) is 1. The molecule has 1 unspecified atom stereocenters. The summed E-state index contributed by atoms with van der Waals surface area (Å²) < 4.78 is 18.7. The smallest absolute Gasteiger partial charge is 0.209 e. The van der Waals surface area contributed by atoms with Crippen LogP contribution in [0.1, 0.15) is 29.3 Å². The van der Waals surface area contributed by atoms with Crippen molar-refractivity contribution in [1.29, 1.82) is 0 Å². The number of carbonyl (C=O) groups is 1. The van der Waals surface area contributed by atoms with Gasteiger partial charge in [-0.3, -0.25) is 4.79 Å². The van der Waals surface area contributed by atoms with Crippen LogP contribution in [0.15, 0.2) is 12.1 Å². The van der Waals surface area contributed by atoms with Crippen molar-refractivity contribution in [1.82, 2.24) is 0 Å². The highest BCUT2D eigenvalue weighted by Crippen LogP contribution is 2.34. The van der Waals surface area contributed by atoms with Gasteiger partial charge in [-0.05, 0) is 25.0 Å². The summed E-state index contributed by atoms with van der Waals surface area (Å²) in [5.74, 6) is -0.294. The second kappa shape index (κ2) is 3.08. The third-order valence-corrected chi connectivity index (χ3v) is 2.47. The van der Waals surface area contributed by atoms with E-state index in [-0.39, 0.29) is 11.3 Å². The Morgan fingerprint density at radius 3 is 2.79 bits per heavy atom. The maximum absolute atomic E-state index is 13.3. The molecular formula is C11H11FO2. The van der Waals surface area contributed by atoms with Crippen molar-refractivity contribution < 1.29 is 13.9 Å². The van der Waals surface area contributed by atoms with Gasteiger partial charge in [-0.25, -0.2) is 4.39 Å². The first-order valence-electron chi connectivity index (χ1n) is 4.65. The lowest BCUT2D eigenvalue weighted by Gasteiger charge is -2.06. The van der Waals surface area contributed by atoms with Gasteiger partial charge >= 0.3 is 0 Å². The summed E-state index contributed by atoms with van der Waals surface area (Å²) in [6.07, 6.45) is 0.0763. The van der Waals surface area contributed by atoms with Gasteiger partial charge in [-0.2, -0.15) is 0 Å². The zero-order valence-electron chi connectivity index (χ0n) is 8.13. The van der Waals surface area contributed by atoms with Crippen LogP contribution in [0.2, 0.25) is 0 Å². The molecule has 2 rings (SSSR count). The van der Waals surface area contributed by atoms with Crippen molar-refractivity contribution in [2.24, 2.45) is 0 Å². The molecule has 0 aromatic heterocycles. The van der Waals surface area contributed by atoms with E-state index in [1.54, 1.807) is 6.07 Å². The number of halogens is 1. The molecule has 0 saturated heterocycles. The second-order valence-electron chi connectivity index (χ2n) is 3.45. The number of ether oxygens (including phenoxy) is 1. The SMILES string of the molecule is CCC1Oc2c(C)ccc(F)c2C1=O. The average molecular weight is 194 g/mol. The van der Waals surface area contributed by atoms with Crippen molar-refractivity contribution in [3.63, 3.8) is 0 Å². The highest BCUT2D eigenvalue weighted by atomic mass is 19.1. The molecule has 1 heterocycles. The number of hydrogen-bond acceptors (Lipinski definition) is 2. The monoisotopic (exact) mass is 194 g/mol. The molecule has 0 amide bonds. The van der Waals surface area contributed by atoms with E-state index >= 15 is 0 Å². The Balaban J connectivity index is 2.58. The van der Waals surface area contributed by atoms with Crippen LogP contribution in [0.3, 0.4) is 0 Å². The molecule has 0 bridgehead atoms. The molecule has 0 radical (unpaired) electrons. The van der Waals surface area contributed by atoms with Gasteiger partial charge in [0.25, 0.3) is 0 Å². The van der Waals surface area contributed by atoms with Gasteiger partial charge in [0.15, 0.2) is 6.10 Å². The molecule has 1 aromatic rings. The highest BCUT2D eigenvalue weighted by Gasteiger charge is 2.34. The third kappa shape index (κ3) is 1.12. The van der Waals surface area contributed by atoms with Gasteiger partial charge in [0.2, 0.25) is 5.78 Å². The molecule has 1 atom stereocenters. The summed E-state index contributed by atoms with van der Waals surface area (Å²) in [6, 6.07) is 2.94. The van der Waals surface area contributed by atoms with E-state index in [1.807, 2.05) is 13.8 Å². The van der Waals surface area contributed by atoms with E-state index in [0.29, 0.717) is 12.2 Å². The summed E-state index contributed by atoms with van der Waals surface area (Å²) in [5.41, 5.74) is 0.933. The van der Waals surface area contributed by atoms with Gasteiger partial charge in [0.05, 0.1) is 5.56 Å². The number of ketones is 1. The summed E-state index contributed by atoms with van der Waals surface area (Å²) in [6.45, 7) is 3.66. The minimum atomic E-state index is -0.499. The lowest BCUT2D eigenvalue weighted by atomic mass is 10.0. The predicted molar refractivity (Wildman–Crippen MR) is 50.2 cm³/mol. The Labute approximate surface area is 81.7 Å². The van der Waals surface area contributed by atoms with Crippen LogP contribution in [0.5, 0.6) is 5.75 Å². The standard InChI is InChI=1S/C11H11FO2/c1-3-8-10(13)9-7(12)5-4-6(2)11(9)14-8/h4-5,8H,3H2,1-2H3. The molecule has 0 N–H and O–H groups in total. The van der Waals surface area contributed by atoms with E-state index in [4.69, 9.17) is 4.74 Å². The van der Waals surface area contributed by atoms with Crippen LogP contribution in [-0.2, 0) is 0 Å². The molecule has 3 heteroatoms. The van der Waals surface area contributed by atoms with Crippen molar-refractivity contribution in [2.45, 2.75) is 26.4 Å². The Hall–Kier alpha value is -1.38. The maximum atomic E-state index is 13.3. The largest absolute Gasteiger partial charge is 0.481 e. The Bertz CT molecular complexity index is 399. The number of carbonyl (C=O) groups excluding carboxylic acids is 1. The molecule has 1 aliphatic heterocycles. The Kier molecular flexibility index (Phi) is 2.02. The number of benzene rings is 1. The van der Waals surface area contributed by atoms with Crippen molar-refractivity contribution in [3.8, 4) is 5.75 Å². The lowest BCUT2D eigenvalue weighted by molar-refractivity contribution is 0.0850. The van der Waals surface area contributed by atoms with E-state index in [0.717, 1.165) is 5.56 Å². The number of aryl methyl sites for hydroxylation is 1. The van der Waals surface area contributed by atoms with Crippen LogP contribution in [0.4, 0.5) is 4.39 Å². The minimum Gasteiger partial charge on any atom is -0.481 e. The summed E-state index contributed by atoms with van der Waals surface area (Å²) in [4.78, 5) is 11.6. The normalized spacial score (nSPS) is 19.4. The molecule has 0 saturated carbocycles. The zero-order chi connectivity index (χ0) is 10.3. The van der Waals surface area contributed by atoms with Crippen molar-refractivity contribution in [2.75, 3.05) is 0 Å². The first-order valence-corrected chi connectivity index (χ1v) is 4.65. The van der Waals surface area contributed by atoms with E-state index in [2.05, 4.69) is 0 Å². The maximum Gasteiger partial charge on any atom is 0.209 e. The highest BCUT2D eigenvalue weighted by molar-refractivity contribution is 6.05. The summed E-state index contributed by atoms with van der Waals surface area (Å²) in [7, 11) is 0. The fourth-order valence-electron chi connectivity index (χ4n) is 1.67. The van der Waals surface area contributed by atoms with Crippen molar-refractivity contribution >= 4 is 5.78 Å². The van der Waals surface area contributed by atoms with Crippen LogP contribution in [0.25, 0.3) is 0 Å². The molecule has 14 heavy (non-hydrogen) atoms. The van der Waals surface area contributed by atoms with Gasteiger partial charge < -0.3 is 4.74 Å². The van der Waals surface area contributed by atoms with Crippen LogP contribution in [-0.4, -0.2) is 11.9 Å². The van der Waals surface area contributed by atoms with E-state index < -0.39 is 11.9 Å². The number of rotatable bonds is 1. The average Bonchev–Trinajstić information content (AvgIpc) is 2.51. The fourth-order valence-corrected chi connectivity index (χ4v) is 1.67. The molecule has 0 spiro atoms. The predicted octanol–water partition coefficient (Wildman–Crippen LogP) is 2.49. The van der Waals surface area contributed by atoms with Gasteiger partial charge in [0, 0.05) is 0 Å². The molecule has 0 aliphatic carbocycles. The molecule has 1 aromatic carbocycles. The Morgan fingerprint density at radius 2 is 2.21 bits per heavy atom. The van der Waals surface area contributed by atoms with E-state index in [1.165, 1.54) is 6.07 Å².